The predicted molar refractivity (Wildman–Crippen MR) is 178 cm³/mol. The lowest BCUT2D eigenvalue weighted by molar-refractivity contribution is -0.115. The average Bonchev–Trinajstić information content (AvgIpc) is 3.67. The first-order valence-electron chi connectivity index (χ1n) is 14.8. The van der Waals surface area contributed by atoms with E-state index >= 15 is 0 Å². The van der Waals surface area contributed by atoms with Crippen molar-refractivity contribution in [2.75, 3.05) is 43.0 Å². The molecule has 1 aliphatic rings. The Morgan fingerprint density at radius 3 is 2.70 bits per heavy atom. The molecular weight excluding hydrogens is 554 g/mol. The Hall–Kier alpha value is -4.40. The van der Waals surface area contributed by atoms with Gasteiger partial charge in [-0.1, -0.05) is 48.5 Å². The summed E-state index contributed by atoms with van der Waals surface area (Å²) >= 11 is 1.59. The molecule has 2 aromatic heterocycles. The molecule has 0 unspecified atom stereocenters. The first-order chi connectivity index (χ1) is 21.1. The maximum Gasteiger partial charge on any atom is 0.229 e. The number of aromatic amines is 1. The molecule has 43 heavy (non-hydrogen) atoms. The Morgan fingerprint density at radius 2 is 1.88 bits per heavy atom. The number of para-hydroxylation sites is 2. The van der Waals surface area contributed by atoms with Gasteiger partial charge in [0.25, 0.3) is 0 Å². The molecule has 1 fully saturated rings. The number of fused-ring (bicyclic) bond motifs is 1. The number of amides is 1. The quantitative estimate of drug-likeness (QED) is 0.183. The summed E-state index contributed by atoms with van der Waals surface area (Å²) in [4.78, 5) is 18.6. The molecule has 0 atom stereocenters. The highest BCUT2D eigenvalue weighted by Gasteiger charge is 2.20. The Balaban J connectivity index is 1.09. The molecule has 0 aliphatic carbocycles. The van der Waals surface area contributed by atoms with Crippen molar-refractivity contribution in [1.29, 1.82) is 0 Å². The Bertz CT molecular complexity index is 1720. The molecular formula is C35H37N5O2S. The molecule has 0 saturated carbocycles. The maximum atomic E-state index is 12.6. The van der Waals surface area contributed by atoms with E-state index in [1.54, 1.807) is 11.3 Å². The molecule has 220 valence electrons. The Labute approximate surface area is 256 Å². The Morgan fingerprint density at radius 1 is 1.02 bits per heavy atom. The lowest BCUT2D eigenvalue weighted by Gasteiger charge is -2.36. The first kappa shape index (κ1) is 28.7. The van der Waals surface area contributed by atoms with Gasteiger partial charge in [0.05, 0.1) is 29.9 Å². The van der Waals surface area contributed by atoms with Crippen molar-refractivity contribution in [1.82, 2.24) is 15.1 Å². The fraction of sp³-hybridized carbons (Fsp3) is 0.257. The van der Waals surface area contributed by atoms with Gasteiger partial charge in [-0.2, -0.15) is 5.10 Å². The zero-order chi connectivity index (χ0) is 29.6. The van der Waals surface area contributed by atoms with Crippen LogP contribution in [0.3, 0.4) is 0 Å². The number of rotatable bonds is 10. The van der Waals surface area contributed by atoms with Crippen molar-refractivity contribution < 1.29 is 9.53 Å². The summed E-state index contributed by atoms with van der Waals surface area (Å²) in [6.07, 6.45) is 4.52. The minimum Gasteiger partial charge on any atom is -0.492 e. The lowest BCUT2D eigenvalue weighted by atomic mass is 10.1. The van der Waals surface area contributed by atoms with Gasteiger partial charge < -0.3 is 15.0 Å². The van der Waals surface area contributed by atoms with Gasteiger partial charge >= 0.3 is 0 Å². The number of benzene rings is 3. The van der Waals surface area contributed by atoms with Gasteiger partial charge in [-0.25, -0.2) is 0 Å². The van der Waals surface area contributed by atoms with Crippen LogP contribution in [-0.2, 0) is 17.8 Å². The number of nitrogens with zero attached hydrogens (tertiary/aromatic N) is 3. The van der Waals surface area contributed by atoms with Crippen LogP contribution < -0.4 is 15.0 Å². The fourth-order valence-electron chi connectivity index (χ4n) is 5.59. The topological polar surface area (TPSA) is 73.5 Å². The second-order valence-corrected chi connectivity index (χ2v) is 11.9. The zero-order valence-electron chi connectivity index (χ0n) is 24.7. The summed E-state index contributed by atoms with van der Waals surface area (Å²) in [7, 11) is 0. The number of hydrogen-bond donors (Lipinski definition) is 2. The van der Waals surface area contributed by atoms with E-state index in [0.29, 0.717) is 13.0 Å². The third-order valence-corrected chi connectivity index (χ3v) is 8.67. The van der Waals surface area contributed by atoms with E-state index in [0.717, 1.165) is 76.8 Å². The molecule has 1 amide bonds. The van der Waals surface area contributed by atoms with Crippen LogP contribution in [0.25, 0.3) is 23.1 Å². The second kappa shape index (κ2) is 13.3. The van der Waals surface area contributed by atoms with Gasteiger partial charge in [-0.3, -0.25) is 14.8 Å². The van der Waals surface area contributed by atoms with Crippen LogP contribution in [0.2, 0.25) is 0 Å². The standard InChI is InChI=1S/C35H37N5O2S/c1-3-42-34-12-5-4-11-33(34)40-17-15-39(16-18-40)24-27-9-6-8-26(21-27)13-14-30-29-23-31(25(2)20-32(29)38-37-30)36-35(41)22-28-10-7-19-43-28/h4-14,19-21,23H,3,15-18,22,24H2,1-2H3,(H,36,41)(H,37,38)/b14-13+. The summed E-state index contributed by atoms with van der Waals surface area (Å²) in [5, 5.41) is 13.8. The van der Waals surface area contributed by atoms with Gasteiger partial charge in [0, 0.05) is 48.7 Å². The van der Waals surface area contributed by atoms with Crippen molar-refractivity contribution in [2.45, 2.75) is 26.8 Å². The molecule has 3 aromatic carbocycles. The van der Waals surface area contributed by atoms with Crippen molar-refractivity contribution in [3.05, 3.63) is 105 Å². The number of thiophene rings is 1. The van der Waals surface area contributed by atoms with Crippen LogP contribution in [0.5, 0.6) is 5.75 Å². The number of carbonyl (C=O) groups is 1. The number of carbonyl (C=O) groups excluding carboxylic acids is 1. The summed E-state index contributed by atoms with van der Waals surface area (Å²) in [6.45, 7) is 9.59. The third kappa shape index (κ3) is 6.98. The summed E-state index contributed by atoms with van der Waals surface area (Å²) < 4.78 is 5.86. The fourth-order valence-corrected chi connectivity index (χ4v) is 6.30. The molecule has 3 heterocycles. The predicted octanol–water partition coefficient (Wildman–Crippen LogP) is 7.01. The largest absolute Gasteiger partial charge is 0.492 e. The summed E-state index contributed by atoms with van der Waals surface area (Å²) in [5.41, 5.74) is 7.22. The molecule has 0 radical (unpaired) electrons. The van der Waals surface area contributed by atoms with Crippen LogP contribution in [0.1, 0.15) is 34.2 Å². The summed E-state index contributed by atoms with van der Waals surface area (Å²) in [6, 6.07) is 25.0. The summed E-state index contributed by atoms with van der Waals surface area (Å²) in [5.74, 6) is 0.951. The Kier molecular flexibility index (Phi) is 8.86. The minimum atomic E-state index is -0.0148. The van der Waals surface area contributed by atoms with E-state index in [2.05, 4.69) is 73.9 Å². The number of aryl methyl sites for hydroxylation is 1. The maximum absolute atomic E-state index is 12.6. The van der Waals surface area contributed by atoms with Crippen molar-refractivity contribution in [2.24, 2.45) is 0 Å². The highest BCUT2D eigenvalue weighted by Crippen LogP contribution is 2.29. The molecule has 2 N–H and O–H groups in total. The van der Waals surface area contributed by atoms with E-state index in [1.165, 1.54) is 11.3 Å². The monoisotopic (exact) mass is 591 g/mol. The van der Waals surface area contributed by atoms with Crippen molar-refractivity contribution >= 4 is 51.7 Å². The number of nitrogens with one attached hydrogen (secondary N) is 2. The lowest BCUT2D eigenvalue weighted by Crippen LogP contribution is -2.46. The zero-order valence-corrected chi connectivity index (χ0v) is 25.5. The SMILES string of the molecule is CCOc1ccccc1N1CCN(Cc2cccc(/C=C/c3n[nH]c4cc(C)c(NC(=O)Cc5cccs5)cc34)c2)CC1. The normalized spacial score (nSPS) is 14.0. The van der Waals surface area contributed by atoms with Crippen molar-refractivity contribution in [3.63, 3.8) is 0 Å². The molecule has 0 spiro atoms. The number of piperazine rings is 1. The molecule has 8 heteroatoms. The van der Waals surface area contributed by atoms with Gasteiger partial charge in [0.2, 0.25) is 5.91 Å². The van der Waals surface area contributed by atoms with E-state index in [9.17, 15) is 4.79 Å². The third-order valence-electron chi connectivity index (χ3n) is 7.80. The van der Waals surface area contributed by atoms with Crippen LogP contribution in [0.4, 0.5) is 11.4 Å². The van der Waals surface area contributed by atoms with Gasteiger partial charge in [-0.05, 0) is 72.3 Å². The highest BCUT2D eigenvalue weighted by atomic mass is 32.1. The number of ether oxygens (including phenoxy) is 1. The first-order valence-corrected chi connectivity index (χ1v) is 15.7. The molecule has 6 rings (SSSR count). The smallest absolute Gasteiger partial charge is 0.229 e. The number of aromatic nitrogens is 2. The van der Waals surface area contributed by atoms with Crippen LogP contribution in [0.15, 0.2) is 78.2 Å². The minimum absolute atomic E-state index is 0.0148. The van der Waals surface area contributed by atoms with E-state index < -0.39 is 0 Å². The second-order valence-electron chi connectivity index (χ2n) is 10.9. The van der Waals surface area contributed by atoms with Crippen LogP contribution >= 0.6 is 11.3 Å². The van der Waals surface area contributed by atoms with E-state index in [-0.39, 0.29) is 5.91 Å². The van der Waals surface area contributed by atoms with Gasteiger partial charge in [0.15, 0.2) is 0 Å². The molecule has 0 bridgehead atoms. The van der Waals surface area contributed by atoms with Crippen LogP contribution in [0, 0.1) is 6.92 Å². The van der Waals surface area contributed by atoms with Gasteiger partial charge in [-0.15, -0.1) is 11.3 Å². The molecule has 5 aromatic rings. The average molecular weight is 592 g/mol. The van der Waals surface area contributed by atoms with E-state index in [4.69, 9.17) is 4.74 Å². The van der Waals surface area contributed by atoms with Crippen LogP contribution in [-0.4, -0.2) is 53.8 Å². The van der Waals surface area contributed by atoms with Gasteiger partial charge in [0.1, 0.15) is 5.75 Å². The molecule has 1 saturated heterocycles. The molecule has 7 nitrogen and oxygen atoms in total. The molecule has 1 aliphatic heterocycles. The number of anilines is 2. The van der Waals surface area contributed by atoms with Crippen molar-refractivity contribution in [3.8, 4) is 5.75 Å². The number of H-pyrrole nitrogens is 1. The van der Waals surface area contributed by atoms with E-state index in [1.807, 2.05) is 55.6 Å². The highest BCUT2D eigenvalue weighted by molar-refractivity contribution is 7.10. The number of hydrogen-bond acceptors (Lipinski definition) is 6.